The van der Waals surface area contributed by atoms with E-state index in [4.69, 9.17) is 4.74 Å². The van der Waals surface area contributed by atoms with Crippen LogP contribution in [0.3, 0.4) is 0 Å². The lowest BCUT2D eigenvalue weighted by Gasteiger charge is -2.38. The molecule has 0 bridgehead atoms. The molecule has 1 saturated heterocycles. The number of hydrogen-bond donors (Lipinski definition) is 1. The molecule has 0 radical (unpaired) electrons. The van der Waals surface area contributed by atoms with Crippen LogP contribution in [0, 0.1) is 0 Å². The van der Waals surface area contributed by atoms with Crippen LogP contribution in [-0.4, -0.2) is 57.9 Å². The standard InChI is InChI=1S/C35H45N3O4/c1-35(2,3)42-34(41)37-19-10-9-13-26(37)18-20-36-21-22-38-30-23-25(33(39)40)16-17-27(30)31(24-11-5-4-6-12-24)32(38)28-14-7-8-15-29(28)36/h7-8,14-17,23-24,26H,4-6,9-13,18-22H2,1-3H3,(H,39,40). The summed E-state index contributed by atoms with van der Waals surface area (Å²) in [6.07, 6.45) is 9.99. The van der Waals surface area contributed by atoms with E-state index >= 15 is 0 Å². The van der Waals surface area contributed by atoms with E-state index in [1.54, 1.807) is 6.07 Å². The van der Waals surface area contributed by atoms with Crippen LogP contribution < -0.4 is 4.90 Å². The molecule has 42 heavy (non-hydrogen) atoms. The number of piperidine rings is 1. The number of carboxylic acid groups (broad SMARTS) is 1. The van der Waals surface area contributed by atoms with Crippen molar-refractivity contribution in [2.24, 2.45) is 0 Å². The highest BCUT2D eigenvalue weighted by molar-refractivity contribution is 5.99. The minimum Gasteiger partial charge on any atom is -0.478 e. The molecule has 3 heterocycles. The maximum atomic E-state index is 13.1. The summed E-state index contributed by atoms with van der Waals surface area (Å²) < 4.78 is 8.17. The Kier molecular flexibility index (Phi) is 7.95. The van der Waals surface area contributed by atoms with Gasteiger partial charge in [0.15, 0.2) is 0 Å². The normalized spacial score (nSPS) is 19.7. The maximum absolute atomic E-state index is 13.1. The number of nitrogens with zero attached hydrogens (tertiary/aromatic N) is 3. The molecule has 3 aromatic rings. The van der Waals surface area contributed by atoms with Gasteiger partial charge in [-0.15, -0.1) is 0 Å². The van der Waals surface area contributed by atoms with Crippen molar-refractivity contribution in [2.75, 3.05) is 24.5 Å². The predicted octanol–water partition coefficient (Wildman–Crippen LogP) is 8.05. The van der Waals surface area contributed by atoms with Crippen LogP contribution in [-0.2, 0) is 11.3 Å². The molecule has 2 aromatic carbocycles. The van der Waals surface area contributed by atoms with Gasteiger partial charge in [-0.05, 0) is 89.0 Å². The van der Waals surface area contributed by atoms with E-state index in [-0.39, 0.29) is 12.1 Å². The van der Waals surface area contributed by atoms with Crippen molar-refractivity contribution in [3.8, 4) is 11.3 Å². The van der Waals surface area contributed by atoms with E-state index < -0.39 is 11.6 Å². The number of aromatic carboxylic acids is 1. The molecule has 224 valence electrons. The Bertz CT molecular complexity index is 1460. The van der Waals surface area contributed by atoms with Crippen LogP contribution in [0.4, 0.5) is 10.5 Å². The Hall–Kier alpha value is -3.48. The third-order valence-corrected chi connectivity index (χ3v) is 9.44. The van der Waals surface area contributed by atoms with Crippen LogP contribution in [0.25, 0.3) is 22.2 Å². The van der Waals surface area contributed by atoms with Gasteiger partial charge in [0.1, 0.15) is 5.60 Å². The van der Waals surface area contributed by atoms with Gasteiger partial charge in [0.05, 0.1) is 11.3 Å². The summed E-state index contributed by atoms with van der Waals surface area (Å²) in [5, 5.41) is 11.0. The van der Waals surface area contributed by atoms with E-state index in [1.807, 2.05) is 31.7 Å². The molecule has 2 aliphatic heterocycles. The molecular formula is C35H45N3O4. The lowest BCUT2D eigenvalue weighted by molar-refractivity contribution is 0.00910. The van der Waals surface area contributed by atoms with Gasteiger partial charge in [0, 0.05) is 54.4 Å². The number of carbonyl (C=O) groups is 2. The fourth-order valence-corrected chi connectivity index (χ4v) is 7.53. The number of anilines is 1. The molecule has 0 spiro atoms. The minimum absolute atomic E-state index is 0.166. The summed E-state index contributed by atoms with van der Waals surface area (Å²) in [7, 11) is 0. The van der Waals surface area contributed by atoms with Gasteiger partial charge in [-0.1, -0.05) is 43.5 Å². The number of carboxylic acids is 1. The molecular weight excluding hydrogens is 526 g/mol. The number of ether oxygens (including phenoxy) is 1. The Labute approximate surface area is 249 Å². The molecule has 7 heteroatoms. The van der Waals surface area contributed by atoms with Crippen molar-refractivity contribution in [3.05, 3.63) is 53.6 Å². The summed E-state index contributed by atoms with van der Waals surface area (Å²) >= 11 is 0. The average Bonchev–Trinajstić information content (AvgIpc) is 3.21. The van der Waals surface area contributed by atoms with E-state index in [2.05, 4.69) is 39.8 Å². The zero-order valence-corrected chi connectivity index (χ0v) is 25.4. The summed E-state index contributed by atoms with van der Waals surface area (Å²) in [6, 6.07) is 14.6. The molecule has 1 aromatic heterocycles. The molecule has 3 aliphatic rings. The Morgan fingerprint density at radius 1 is 0.929 bits per heavy atom. The van der Waals surface area contributed by atoms with E-state index in [1.165, 1.54) is 60.0 Å². The highest BCUT2D eigenvalue weighted by Crippen LogP contribution is 2.47. The van der Waals surface area contributed by atoms with Gasteiger partial charge >= 0.3 is 12.1 Å². The highest BCUT2D eigenvalue weighted by Gasteiger charge is 2.33. The zero-order chi connectivity index (χ0) is 29.4. The fourth-order valence-electron chi connectivity index (χ4n) is 7.53. The van der Waals surface area contributed by atoms with Gasteiger partial charge in [-0.25, -0.2) is 9.59 Å². The summed E-state index contributed by atoms with van der Waals surface area (Å²) in [5.41, 5.74) is 6.00. The van der Waals surface area contributed by atoms with Crippen LogP contribution >= 0.6 is 0 Å². The number of para-hydroxylation sites is 1. The zero-order valence-electron chi connectivity index (χ0n) is 25.4. The van der Waals surface area contributed by atoms with Gasteiger partial charge in [0.2, 0.25) is 0 Å². The number of hydrogen-bond acceptors (Lipinski definition) is 4. The number of amides is 1. The first-order valence-corrected chi connectivity index (χ1v) is 15.9. The van der Waals surface area contributed by atoms with Crippen molar-refractivity contribution in [1.29, 1.82) is 0 Å². The Morgan fingerprint density at radius 3 is 2.45 bits per heavy atom. The molecule has 2 fully saturated rings. The molecule has 1 aliphatic carbocycles. The highest BCUT2D eigenvalue weighted by atomic mass is 16.6. The minimum atomic E-state index is -0.885. The first kappa shape index (κ1) is 28.6. The molecule has 7 nitrogen and oxygen atoms in total. The number of likely N-dealkylation sites (tertiary alicyclic amines) is 1. The summed E-state index contributed by atoms with van der Waals surface area (Å²) in [6.45, 7) is 9.01. The van der Waals surface area contributed by atoms with Crippen molar-refractivity contribution in [3.63, 3.8) is 0 Å². The summed E-state index contributed by atoms with van der Waals surface area (Å²) in [5.74, 6) is -0.401. The fraction of sp³-hybridized carbons (Fsp3) is 0.543. The largest absolute Gasteiger partial charge is 0.478 e. The summed E-state index contributed by atoms with van der Waals surface area (Å²) in [4.78, 5) is 29.5. The van der Waals surface area contributed by atoms with Crippen molar-refractivity contribution in [2.45, 2.75) is 103 Å². The number of aromatic nitrogens is 1. The van der Waals surface area contributed by atoms with Crippen molar-refractivity contribution in [1.82, 2.24) is 9.47 Å². The van der Waals surface area contributed by atoms with E-state index in [0.29, 0.717) is 11.5 Å². The topological polar surface area (TPSA) is 75.0 Å². The average molecular weight is 572 g/mol. The number of benzene rings is 2. The quantitative estimate of drug-likeness (QED) is 0.335. The third-order valence-electron chi connectivity index (χ3n) is 9.44. The van der Waals surface area contributed by atoms with Crippen LogP contribution in [0.15, 0.2) is 42.5 Å². The SMILES string of the molecule is CC(C)(C)OC(=O)N1CCCCC1CCN1CCn2c(c(C3CCCCC3)c3ccc(C(=O)O)cc32)-c2ccccc21. The first-order valence-electron chi connectivity index (χ1n) is 15.9. The molecule has 1 saturated carbocycles. The monoisotopic (exact) mass is 571 g/mol. The van der Waals surface area contributed by atoms with E-state index in [0.717, 1.165) is 57.4 Å². The van der Waals surface area contributed by atoms with E-state index in [9.17, 15) is 14.7 Å². The molecule has 6 rings (SSSR count). The second-order valence-corrected chi connectivity index (χ2v) is 13.4. The third kappa shape index (κ3) is 5.62. The second kappa shape index (κ2) is 11.7. The van der Waals surface area contributed by atoms with Crippen LogP contribution in [0.2, 0.25) is 0 Å². The lowest BCUT2D eigenvalue weighted by atomic mass is 9.81. The van der Waals surface area contributed by atoms with Crippen LogP contribution in [0.1, 0.15) is 100 Å². The molecule has 1 unspecified atom stereocenters. The smallest absolute Gasteiger partial charge is 0.410 e. The second-order valence-electron chi connectivity index (χ2n) is 13.4. The van der Waals surface area contributed by atoms with Gasteiger partial charge in [-0.2, -0.15) is 0 Å². The number of rotatable bonds is 5. The van der Waals surface area contributed by atoms with Crippen molar-refractivity contribution >= 4 is 28.7 Å². The maximum Gasteiger partial charge on any atom is 0.410 e. The van der Waals surface area contributed by atoms with Gasteiger partial charge in [-0.3, -0.25) is 0 Å². The first-order chi connectivity index (χ1) is 20.2. The molecule has 1 N–H and O–H groups in total. The number of carbonyl (C=O) groups excluding carboxylic acids is 1. The van der Waals surface area contributed by atoms with Gasteiger partial charge in [0.25, 0.3) is 0 Å². The van der Waals surface area contributed by atoms with Crippen LogP contribution in [0.5, 0.6) is 0 Å². The Balaban J connectivity index is 1.35. The lowest BCUT2D eigenvalue weighted by Crippen LogP contribution is -2.47. The predicted molar refractivity (Wildman–Crippen MR) is 168 cm³/mol. The Morgan fingerprint density at radius 2 is 1.69 bits per heavy atom. The number of fused-ring (bicyclic) bond motifs is 5. The van der Waals surface area contributed by atoms with Gasteiger partial charge < -0.3 is 24.2 Å². The molecule has 1 amide bonds. The molecule has 1 atom stereocenters. The van der Waals surface area contributed by atoms with Crippen molar-refractivity contribution < 1.29 is 19.4 Å².